The molecule has 1 radical (unpaired) electrons. The van der Waals surface area contributed by atoms with Gasteiger partial charge in [0, 0.05) is 5.69 Å². The van der Waals surface area contributed by atoms with Crippen LogP contribution in [0.15, 0.2) is 42.6 Å². The number of hydrogen-bond donors (Lipinski definition) is 1. The van der Waals surface area contributed by atoms with Crippen LogP contribution < -0.4 is 5.32 Å². The van der Waals surface area contributed by atoms with Gasteiger partial charge in [-0.25, -0.2) is 0 Å². The Kier molecular flexibility index (Phi) is 4.77. The van der Waals surface area contributed by atoms with Gasteiger partial charge in [-0.2, -0.15) is 0 Å². The highest BCUT2D eigenvalue weighted by Gasteiger charge is 1.82. The fraction of sp³-hybridized carbons (Fsp3) is 0.250. The number of nitrogens with one attached hydrogen (secondary N) is 1. The summed E-state index contributed by atoms with van der Waals surface area (Å²) >= 11 is 0. The lowest BCUT2D eigenvalue weighted by atomic mass is 10.2. The van der Waals surface area contributed by atoms with Crippen LogP contribution in [0.1, 0.15) is 19.3 Å². The quantitative estimate of drug-likeness (QED) is 0.672. The predicted molar refractivity (Wildman–Crippen MR) is 58.4 cm³/mol. The highest BCUT2D eigenvalue weighted by Crippen LogP contribution is 2.04. The summed E-state index contributed by atoms with van der Waals surface area (Å²) in [4.78, 5) is 0. The Labute approximate surface area is 80.5 Å². The minimum Gasteiger partial charge on any atom is -0.362 e. The Bertz CT molecular complexity index is 239. The molecule has 0 saturated carbocycles. The Morgan fingerprint density at radius 3 is 2.69 bits per heavy atom. The van der Waals surface area contributed by atoms with E-state index in [-0.39, 0.29) is 0 Å². The van der Waals surface area contributed by atoms with Gasteiger partial charge in [0.2, 0.25) is 0 Å². The molecule has 69 valence electrons. The molecule has 1 aromatic rings. The first-order valence-corrected chi connectivity index (χ1v) is 4.69. The van der Waals surface area contributed by atoms with Crippen molar-refractivity contribution < 1.29 is 0 Å². The average Bonchev–Trinajstić information content (AvgIpc) is 2.19. The number of allylic oxidation sites excluding steroid dienone is 1. The molecule has 1 heteroatoms. The van der Waals surface area contributed by atoms with Crippen LogP contribution in [0.5, 0.6) is 0 Å². The number of benzene rings is 1. The van der Waals surface area contributed by atoms with E-state index in [1.165, 1.54) is 0 Å². The molecule has 1 nitrogen and oxygen atoms in total. The van der Waals surface area contributed by atoms with Crippen molar-refractivity contribution in [3.63, 3.8) is 0 Å². The molecule has 0 amide bonds. The molecule has 0 atom stereocenters. The molecule has 1 N–H and O–H groups in total. The van der Waals surface area contributed by atoms with Crippen LogP contribution in [-0.2, 0) is 0 Å². The molecule has 0 spiro atoms. The van der Waals surface area contributed by atoms with Crippen LogP contribution >= 0.6 is 0 Å². The predicted octanol–water partition coefficient (Wildman–Crippen LogP) is 3.62. The molecule has 0 aliphatic carbocycles. The van der Waals surface area contributed by atoms with Crippen molar-refractivity contribution >= 4 is 5.69 Å². The number of unbranched alkanes of at least 4 members (excludes halogenated alkanes) is 2. The molecule has 0 aliphatic rings. The summed E-state index contributed by atoms with van der Waals surface area (Å²) in [6.07, 6.45) is 7.40. The average molecular weight is 174 g/mol. The third-order valence-corrected chi connectivity index (χ3v) is 1.76. The molecular formula is C12H16N. The SMILES string of the molecule is [CH2]CCCC=CNc1ccccc1. The van der Waals surface area contributed by atoms with Gasteiger partial charge in [0.25, 0.3) is 0 Å². The van der Waals surface area contributed by atoms with Gasteiger partial charge in [0.05, 0.1) is 0 Å². The van der Waals surface area contributed by atoms with Crippen molar-refractivity contribution in [2.24, 2.45) is 0 Å². The van der Waals surface area contributed by atoms with Crippen LogP contribution in [-0.4, -0.2) is 0 Å². The van der Waals surface area contributed by atoms with Gasteiger partial charge >= 0.3 is 0 Å². The molecule has 0 unspecified atom stereocenters. The zero-order valence-corrected chi connectivity index (χ0v) is 7.87. The number of rotatable bonds is 5. The second-order valence-electron chi connectivity index (χ2n) is 2.91. The first kappa shape index (κ1) is 9.85. The highest BCUT2D eigenvalue weighted by atomic mass is 14.8. The van der Waals surface area contributed by atoms with Crippen molar-refractivity contribution in [2.45, 2.75) is 19.3 Å². The third-order valence-electron chi connectivity index (χ3n) is 1.76. The maximum atomic E-state index is 3.79. The highest BCUT2D eigenvalue weighted by molar-refractivity contribution is 5.44. The van der Waals surface area contributed by atoms with Gasteiger partial charge in [-0.1, -0.05) is 37.6 Å². The minimum atomic E-state index is 1.01. The number of hydrogen-bond acceptors (Lipinski definition) is 1. The summed E-state index contributed by atoms with van der Waals surface area (Å²) in [5.41, 5.74) is 1.13. The fourth-order valence-electron chi connectivity index (χ4n) is 1.04. The van der Waals surface area contributed by atoms with E-state index in [0.29, 0.717) is 0 Å². The monoisotopic (exact) mass is 174 g/mol. The van der Waals surface area contributed by atoms with Gasteiger partial charge < -0.3 is 5.32 Å². The van der Waals surface area contributed by atoms with E-state index >= 15 is 0 Å². The fourth-order valence-corrected chi connectivity index (χ4v) is 1.04. The Hall–Kier alpha value is -1.24. The number of para-hydroxylation sites is 1. The van der Waals surface area contributed by atoms with E-state index in [2.05, 4.69) is 18.3 Å². The first-order valence-electron chi connectivity index (χ1n) is 4.69. The molecule has 1 rings (SSSR count). The number of anilines is 1. The Morgan fingerprint density at radius 2 is 2.00 bits per heavy atom. The van der Waals surface area contributed by atoms with E-state index in [0.717, 1.165) is 24.9 Å². The zero-order chi connectivity index (χ0) is 9.36. The van der Waals surface area contributed by atoms with Gasteiger partial charge in [-0.15, -0.1) is 0 Å². The minimum absolute atomic E-state index is 1.01. The normalized spacial score (nSPS) is 10.5. The smallest absolute Gasteiger partial charge is 0.0379 e. The second-order valence-corrected chi connectivity index (χ2v) is 2.91. The van der Waals surface area contributed by atoms with Crippen molar-refractivity contribution in [2.75, 3.05) is 5.32 Å². The van der Waals surface area contributed by atoms with Gasteiger partial charge in [-0.3, -0.25) is 0 Å². The topological polar surface area (TPSA) is 12.0 Å². The molecular weight excluding hydrogens is 158 g/mol. The van der Waals surface area contributed by atoms with Crippen LogP contribution in [0.2, 0.25) is 0 Å². The van der Waals surface area contributed by atoms with Crippen molar-refractivity contribution in [3.05, 3.63) is 49.5 Å². The molecule has 0 bridgehead atoms. The summed E-state index contributed by atoms with van der Waals surface area (Å²) in [5, 5.41) is 3.20. The van der Waals surface area contributed by atoms with Gasteiger partial charge in [-0.05, 0) is 31.2 Å². The summed E-state index contributed by atoms with van der Waals surface area (Å²) in [6.45, 7) is 3.79. The lowest BCUT2D eigenvalue weighted by Gasteiger charge is -1.98. The van der Waals surface area contributed by atoms with Crippen LogP contribution in [0, 0.1) is 6.92 Å². The molecule has 13 heavy (non-hydrogen) atoms. The molecule has 0 aromatic heterocycles. The molecule has 0 fully saturated rings. The summed E-state index contributed by atoms with van der Waals surface area (Å²) in [5.74, 6) is 0. The largest absolute Gasteiger partial charge is 0.362 e. The van der Waals surface area contributed by atoms with Gasteiger partial charge in [0.1, 0.15) is 0 Å². The Morgan fingerprint density at radius 1 is 1.23 bits per heavy atom. The van der Waals surface area contributed by atoms with Crippen LogP contribution in [0.25, 0.3) is 0 Å². The van der Waals surface area contributed by atoms with Crippen LogP contribution in [0.3, 0.4) is 0 Å². The van der Waals surface area contributed by atoms with Crippen LogP contribution in [0.4, 0.5) is 5.69 Å². The summed E-state index contributed by atoms with van der Waals surface area (Å²) in [6, 6.07) is 10.1. The molecule has 0 aliphatic heterocycles. The summed E-state index contributed by atoms with van der Waals surface area (Å²) in [7, 11) is 0. The first-order chi connectivity index (χ1) is 6.43. The lowest BCUT2D eigenvalue weighted by molar-refractivity contribution is 0.865. The second kappa shape index (κ2) is 6.30. The maximum Gasteiger partial charge on any atom is 0.0379 e. The zero-order valence-electron chi connectivity index (χ0n) is 7.87. The van der Waals surface area contributed by atoms with E-state index in [1.54, 1.807) is 0 Å². The molecule has 0 heterocycles. The standard InChI is InChI=1S/C12H16N/c1-2-3-4-8-11-13-12-9-6-5-7-10-12/h5-11,13H,1-4H2. The third kappa shape index (κ3) is 4.36. The van der Waals surface area contributed by atoms with E-state index in [1.807, 2.05) is 36.5 Å². The van der Waals surface area contributed by atoms with Gasteiger partial charge in [0.15, 0.2) is 0 Å². The van der Waals surface area contributed by atoms with E-state index < -0.39 is 0 Å². The van der Waals surface area contributed by atoms with E-state index in [9.17, 15) is 0 Å². The maximum absolute atomic E-state index is 3.79. The molecule has 1 aromatic carbocycles. The van der Waals surface area contributed by atoms with Crippen molar-refractivity contribution in [3.8, 4) is 0 Å². The van der Waals surface area contributed by atoms with E-state index in [4.69, 9.17) is 0 Å². The summed E-state index contributed by atoms with van der Waals surface area (Å²) < 4.78 is 0. The van der Waals surface area contributed by atoms with Crippen molar-refractivity contribution in [1.82, 2.24) is 0 Å². The molecule has 0 saturated heterocycles. The van der Waals surface area contributed by atoms with Crippen molar-refractivity contribution in [1.29, 1.82) is 0 Å². The lowest BCUT2D eigenvalue weighted by Crippen LogP contribution is -1.85. The Balaban J connectivity index is 2.23.